The van der Waals surface area contributed by atoms with Gasteiger partial charge in [0.2, 0.25) is 11.8 Å². The molecule has 0 spiro atoms. The molecule has 0 bridgehead atoms. The van der Waals surface area contributed by atoms with Crippen molar-refractivity contribution in [2.24, 2.45) is 5.92 Å². The van der Waals surface area contributed by atoms with Crippen molar-refractivity contribution in [3.05, 3.63) is 48.0 Å². The molecule has 6 heteroatoms. The average Bonchev–Trinajstić information content (AvgIpc) is 3.05. The molecule has 0 saturated carbocycles. The van der Waals surface area contributed by atoms with E-state index in [1.54, 1.807) is 18.1 Å². The maximum atomic E-state index is 12.8. The van der Waals surface area contributed by atoms with Gasteiger partial charge in [-0.3, -0.25) is 9.59 Å². The van der Waals surface area contributed by atoms with Crippen LogP contribution < -0.4 is 19.7 Å². The van der Waals surface area contributed by atoms with Crippen molar-refractivity contribution in [2.45, 2.75) is 33.3 Å². The number of rotatable bonds is 6. The summed E-state index contributed by atoms with van der Waals surface area (Å²) in [5, 5.41) is 2.95. The first-order valence-electron chi connectivity index (χ1n) is 9.40. The van der Waals surface area contributed by atoms with Crippen LogP contribution in [0.1, 0.15) is 25.8 Å². The number of hydrogen-bond acceptors (Lipinski definition) is 4. The fourth-order valence-electron chi connectivity index (χ4n) is 3.33. The van der Waals surface area contributed by atoms with Crippen LogP contribution in [-0.4, -0.2) is 31.6 Å². The van der Waals surface area contributed by atoms with E-state index in [1.165, 1.54) is 0 Å². The van der Waals surface area contributed by atoms with Gasteiger partial charge < -0.3 is 19.7 Å². The molecule has 1 N–H and O–H groups in total. The lowest BCUT2D eigenvalue weighted by molar-refractivity contribution is -0.122. The summed E-state index contributed by atoms with van der Waals surface area (Å²) in [6, 6.07) is 12.9. The van der Waals surface area contributed by atoms with Crippen LogP contribution in [0, 0.1) is 12.8 Å². The van der Waals surface area contributed by atoms with Gasteiger partial charge in [-0.2, -0.15) is 0 Å². The number of aryl methyl sites for hydroxylation is 1. The van der Waals surface area contributed by atoms with E-state index in [1.807, 2.05) is 57.2 Å². The van der Waals surface area contributed by atoms with Gasteiger partial charge in [-0.1, -0.05) is 12.1 Å². The Balaban J connectivity index is 1.70. The lowest BCUT2D eigenvalue weighted by atomic mass is 10.1. The van der Waals surface area contributed by atoms with E-state index in [0.29, 0.717) is 18.0 Å². The largest absolute Gasteiger partial charge is 0.495 e. The first-order chi connectivity index (χ1) is 13.4. The number of ether oxygens (including phenoxy) is 2. The van der Waals surface area contributed by atoms with E-state index >= 15 is 0 Å². The fraction of sp³-hybridized carbons (Fsp3) is 0.364. The van der Waals surface area contributed by atoms with Crippen molar-refractivity contribution in [2.75, 3.05) is 23.9 Å². The molecule has 1 aliphatic heterocycles. The van der Waals surface area contributed by atoms with Crippen molar-refractivity contribution in [1.29, 1.82) is 0 Å². The molecule has 3 rings (SSSR count). The molecule has 148 valence electrons. The van der Waals surface area contributed by atoms with Gasteiger partial charge in [0.25, 0.3) is 0 Å². The summed E-state index contributed by atoms with van der Waals surface area (Å²) in [6.45, 7) is 6.19. The zero-order chi connectivity index (χ0) is 20.3. The number of nitrogens with zero attached hydrogens (tertiary/aromatic N) is 1. The monoisotopic (exact) mass is 382 g/mol. The van der Waals surface area contributed by atoms with Crippen LogP contribution in [0.5, 0.6) is 11.5 Å². The van der Waals surface area contributed by atoms with Crippen LogP contribution in [0.25, 0.3) is 0 Å². The molecule has 0 aromatic heterocycles. The standard InChI is InChI=1S/C22H26N2O4/c1-14(2)28-17-9-10-18(15(3)11-17)23-22(26)16-12-21(25)24(13-16)19-7-5-6-8-20(19)27-4/h5-11,14,16H,12-13H2,1-4H3,(H,23,26). The predicted molar refractivity (Wildman–Crippen MR) is 109 cm³/mol. The van der Waals surface area contributed by atoms with Gasteiger partial charge in [-0.05, 0) is 56.7 Å². The summed E-state index contributed by atoms with van der Waals surface area (Å²) in [7, 11) is 1.57. The number of anilines is 2. The van der Waals surface area contributed by atoms with E-state index < -0.39 is 5.92 Å². The second-order valence-corrected chi connectivity index (χ2v) is 7.21. The zero-order valence-electron chi connectivity index (χ0n) is 16.7. The molecule has 1 heterocycles. The van der Waals surface area contributed by atoms with E-state index in [-0.39, 0.29) is 24.3 Å². The Labute approximate surface area is 165 Å². The lowest BCUT2D eigenvalue weighted by Crippen LogP contribution is -2.28. The molecular weight excluding hydrogens is 356 g/mol. The molecule has 0 radical (unpaired) electrons. The lowest BCUT2D eigenvalue weighted by Gasteiger charge is -2.19. The maximum Gasteiger partial charge on any atom is 0.229 e. The van der Waals surface area contributed by atoms with Crippen LogP contribution in [0.15, 0.2) is 42.5 Å². The third kappa shape index (κ3) is 4.27. The van der Waals surface area contributed by atoms with Gasteiger partial charge in [-0.15, -0.1) is 0 Å². The smallest absolute Gasteiger partial charge is 0.229 e. The van der Waals surface area contributed by atoms with E-state index in [0.717, 1.165) is 17.0 Å². The highest BCUT2D eigenvalue weighted by Crippen LogP contribution is 2.33. The molecule has 1 aliphatic rings. The molecule has 2 amide bonds. The average molecular weight is 382 g/mol. The Hall–Kier alpha value is -3.02. The summed E-state index contributed by atoms with van der Waals surface area (Å²) in [5.74, 6) is 0.731. The number of nitrogens with one attached hydrogen (secondary N) is 1. The summed E-state index contributed by atoms with van der Waals surface area (Å²) in [6.07, 6.45) is 0.266. The van der Waals surface area contributed by atoms with Crippen molar-refractivity contribution in [1.82, 2.24) is 0 Å². The van der Waals surface area contributed by atoms with Crippen molar-refractivity contribution < 1.29 is 19.1 Å². The van der Waals surface area contributed by atoms with E-state index in [2.05, 4.69) is 5.32 Å². The molecule has 1 unspecified atom stereocenters. The quantitative estimate of drug-likeness (QED) is 0.826. The Morgan fingerprint density at radius 2 is 1.96 bits per heavy atom. The van der Waals surface area contributed by atoms with Crippen LogP contribution in [-0.2, 0) is 9.59 Å². The van der Waals surface area contributed by atoms with Gasteiger partial charge >= 0.3 is 0 Å². The summed E-state index contributed by atoms with van der Waals surface area (Å²) in [5.41, 5.74) is 2.33. The molecule has 1 fully saturated rings. The molecule has 2 aromatic carbocycles. The van der Waals surface area contributed by atoms with Gasteiger partial charge in [0.05, 0.1) is 24.8 Å². The van der Waals surface area contributed by atoms with E-state index in [9.17, 15) is 9.59 Å². The van der Waals surface area contributed by atoms with Crippen LogP contribution in [0.2, 0.25) is 0 Å². The molecule has 1 saturated heterocycles. The number of carbonyl (C=O) groups is 2. The highest BCUT2D eigenvalue weighted by Gasteiger charge is 2.36. The van der Waals surface area contributed by atoms with Gasteiger partial charge in [-0.25, -0.2) is 0 Å². The summed E-state index contributed by atoms with van der Waals surface area (Å²) >= 11 is 0. The third-order valence-corrected chi connectivity index (χ3v) is 4.70. The second-order valence-electron chi connectivity index (χ2n) is 7.21. The molecule has 0 aliphatic carbocycles. The number of methoxy groups -OCH3 is 1. The van der Waals surface area contributed by atoms with Crippen LogP contribution in [0.3, 0.4) is 0 Å². The fourth-order valence-corrected chi connectivity index (χ4v) is 3.33. The molecule has 6 nitrogen and oxygen atoms in total. The highest BCUT2D eigenvalue weighted by atomic mass is 16.5. The van der Waals surface area contributed by atoms with Crippen LogP contribution in [0.4, 0.5) is 11.4 Å². The SMILES string of the molecule is COc1ccccc1N1CC(C(=O)Nc2ccc(OC(C)C)cc2C)CC1=O. The molecule has 2 aromatic rings. The number of benzene rings is 2. The number of para-hydroxylation sites is 2. The minimum absolute atomic E-state index is 0.0814. The number of hydrogen-bond donors (Lipinski definition) is 1. The Bertz CT molecular complexity index is 879. The first-order valence-corrected chi connectivity index (χ1v) is 9.40. The van der Waals surface area contributed by atoms with Crippen molar-refractivity contribution >= 4 is 23.2 Å². The topological polar surface area (TPSA) is 67.9 Å². The number of amides is 2. The zero-order valence-corrected chi connectivity index (χ0v) is 16.7. The van der Waals surface area contributed by atoms with Crippen molar-refractivity contribution in [3.63, 3.8) is 0 Å². The third-order valence-electron chi connectivity index (χ3n) is 4.70. The first kappa shape index (κ1) is 19.7. The van der Waals surface area contributed by atoms with Gasteiger partial charge in [0.15, 0.2) is 0 Å². The minimum atomic E-state index is -0.414. The predicted octanol–water partition coefficient (Wildman–Crippen LogP) is 3.78. The number of carbonyl (C=O) groups excluding carboxylic acids is 2. The van der Waals surface area contributed by atoms with Gasteiger partial charge in [0, 0.05) is 18.7 Å². The summed E-state index contributed by atoms with van der Waals surface area (Å²) in [4.78, 5) is 26.9. The van der Waals surface area contributed by atoms with Crippen LogP contribution >= 0.6 is 0 Å². The van der Waals surface area contributed by atoms with Gasteiger partial charge in [0.1, 0.15) is 11.5 Å². The van der Waals surface area contributed by atoms with Crippen molar-refractivity contribution in [3.8, 4) is 11.5 Å². The maximum absolute atomic E-state index is 12.8. The normalized spacial score (nSPS) is 16.4. The Kier molecular flexibility index (Phi) is 5.87. The Morgan fingerprint density at radius 1 is 1.21 bits per heavy atom. The Morgan fingerprint density at radius 3 is 2.64 bits per heavy atom. The summed E-state index contributed by atoms with van der Waals surface area (Å²) < 4.78 is 11.0. The molecular formula is C22H26N2O4. The second kappa shape index (κ2) is 8.33. The molecule has 1 atom stereocenters. The highest BCUT2D eigenvalue weighted by molar-refractivity contribution is 6.04. The minimum Gasteiger partial charge on any atom is -0.495 e. The van der Waals surface area contributed by atoms with E-state index in [4.69, 9.17) is 9.47 Å². The molecule has 28 heavy (non-hydrogen) atoms.